The quantitative estimate of drug-likeness (QED) is 0.672. The number of hydrogen-bond donors (Lipinski definition) is 0. The van der Waals surface area contributed by atoms with E-state index in [1.54, 1.807) is 24.0 Å². The van der Waals surface area contributed by atoms with E-state index in [2.05, 4.69) is 16.8 Å². The summed E-state index contributed by atoms with van der Waals surface area (Å²) in [5.41, 5.74) is 2.88. The highest BCUT2D eigenvalue weighted by Crippen LogP contribution is 2.37. The molecule has 158 valence electrons. The van der Waals surface area contributed by atoms with Crippen LogP contribution >= 0.6 is 23.4 Å². The molecule has 1 aromatic heterocycles. The normalized spacial score (nSPS) is 22.5. The molecule has 0 radical (unpaired) electrons. The van der Waals surface area contributed by atoms with E-state index in [9.17, 15) is 4.39 Å². The van der Waals surface area contributed by atoms with Crippen LogP contribution in [0.2, 0.25) is 5.02 Å². The summed E-state index contributed by atoms with van der Waals surface area (Å²) < 4.78 is 19.1. The first-order valence-corrected chi connectivity index (χ1v) is 11.4. The lowest BCUT2D eigenvalue weighted by molar-refractivity contribution is 0.0448. The molecule has 5 nitrogen and oxygen atoms in total. The summed E-state index contributed by atoms with van der Waals surface area (Å²) in [6.45, 7) is 6.15. The van der Waals surface area contributed by atoms with Crippen molar-refractivity contribution in [1.82, 2.24) is 9.88 Å². The third-order valence-corrected chi connectivity index (χ3v) is 6.56. The van der Waals surface area contributed by atoms with Crippen LogP contribution in [0.3, 0.4) is 0 Å². The molecule has 2 unspecified atom stereocenters. The molecule has 0 aliphatic carbocycles. The van der Waals surface area contributed by atoms with Crippen molar-refractivity contribution >= 4 is 34.2 Å². The van der Waals surface area contributed by atoms with Gasteiger partial charge in [0.2, 0.25) is 0 Å². The van der Waals surface area contributed by atoms with Gasteiger partial charge in [0.15, 0.2) is 5.17 Å². The zero-order valence-electron chi connectivity index (χ0n) is 16.8. The van der Waals surface area contributed by atoms with Crippen molar-refractivity contribution in [3.05, 3.63) is 64.7 Å². The standard InChI is InChI=1S/C22H24ClFN4OS/c1-15-20(13-28-8-10-29-11-9-28)26-22(30-14-17-4-2-3-7-25-17)27-21(15)18-6-5-16(24)12-19(18)23/h2-7,12,15,21H,8-11,13-14H2,1H3. The van der Waals surface area contributed by atoms with Gasteiger partial charge >= 0.3 is 0 Å². The van der Waals surface area contributed by atoms with Crippen molar-refractivity contribution in [2.45, 2.75) is 18.7 Å². The zero-order valence-corrected chi connectivity index (χ0v) is 18.4. The van der Waals surface area contributed by atoms with Gasteiger partial charge in [-0.25, -0.2) is 9.38 Å². The van der Waals surface area contributed by atoms with Gasteiger partial charge in [-0.2, -0.15) is 0 Å². The zero-order chi connectivity index (χ0) is 20.9. The minimum Gasteiger partial charge on any atom is -0.379 e. The van der Waals surface area contributed by atoms with Crippen LogP contribution in [0, 0.1) is 11.7 Å². The van der Waals surface area contributed by atoms with Crippen molar-refractivity contribution in [3.8, 4) is 0 Å². The van der Waals surface area contributed by atoms with E-state index in [0.717, 1.165) is 49.8 Å². The van der Waals surface area contributed by atoms with Crippen molar-refractivity contribution in [2.75, 3.05) is 32.8 Å². The average Bonchev–Trinajstić information content (AvgIpc) is 2.76. The van der Waals surface area contributed by atoms with Crippen LogP contribution in [0.1, 0.15) is 24.2 Å². The lowest BCUT2D eigenvalue weighted by atomic mass is 9.89. The minimum absolute atomic E-state index is 0.0648. The molecular formula is C22H24ClFN4OS. The van der Waals surface area contributed by atoms with E-state index in [0.29, 0.717) is 15.9 Å². The first kappa shape index (κ1) is 21.4. The van der Waals surface area contributed by atoms with Gasteiger partial charge in [-0.3, -0.25) is 14.9 Å². The lowest BCUT2D eigenvalue weighted by Gasteiger charge is -2.32. The number of pyridine rings is 1. The molecule has 0 spiro atoms. The van der Waals surface area contributed by atoms with E-state index in [1.807, 2.05) is 18.2 Å². The molecule has 0 saturated carbocycles. The lowest BCUT2D eigenvalue weighted by Crippen LogP contribution is -2.42. The fraction of sp³-hybridized carbons (Fsp3) is 0.409. The van der Waals surface area contributed by atoms with Crippen LogP contribution in [0.5, 0.6) is 0 Å². The van der Waals surface area contributed by atoms with Gasteiger partial charge in [0.25, 0.3) is 0 Å². The molecular weight excluding hydrogens is 423 g/mol. The van der Waals surface area contributed by atoms with Crippen molar-refractivity contribution in [3.63, 3.8) is 0 Å². The van der Waals surface area contributed by atoms with Crippen LogP contribution < -0.4 is 0 Å². The van der Waals surface area contributed by atoms with Crippen LogP contribution in [0.4, 0.5) is 4.39 Å². The van der Waals surface area contributed by atoms with Gasteiger partial charge in [0.05, 0.1) is 24.9 Å². The Kier molecular flexibility index (Phi) is 7.15. The smallest absolute Gasteiger partial charge is 0.183 e. The predicted molar refractivity (Wildman–Crippen MR) is 121 cm³/mol. The molecule has 0 N–H and O–H groups in total. The third kappa shape index (κ3) is 5.27. The molecule has 2 aromatic rings. The largest absolute Gasteiger partial charge is 0.379 e. The van der Waals surface area contributed by atoms with Crippen molar-refractivity contribution < 1.29 is 9.13 Å². The monoisotopic (exact) mass is 446 g/mol. The van der Waals surface area contributed by atoms with Gasteiger partial charge in [0.1, 0.15) is 5.82 Å². The van der Waals surface area contributed by atoms with Gasteiger partial charge in [0, 0.05) is 48.2 Å². The SMILES string of the molecule is CC1C(CN2CCOCC2)=NC(SCc2ccccn2)=NC1c1ccc(F)cc1Cl. The molecule has 1 fully saturated rings. The molecule has 3 heterocycles. The summed E-state index contributed by atoms with van der Waals surface area (Å²) in [6, 6.07) is 10.2. The number of aromatic nitrogens is 1. The Hall–Kier alpha value is -1.80. The third-order valence-electron chi connectivity index (χ3n) is 5.33. The Bertz CT molecular complexity index is 934. The highest BCUT2D eigenvalue weighted by Gasteiger charge is 2.31. The maximum absolute atomic E-state index is 13.6. The van der Waals surface area contributed by atoms with E-state index in [4.69, 9.17) is 26.3 Å². The van der Waals surface area contributed by atoms with Gasteiger partial charge in [-0.05, 0) is 29.8 Å². The molecule has 1 saturated heterocycles. The maximum atomic E-state index is 13.6. The summed E-state index contributed by atoms with van der Waals surface area (Å²) in [7, 11) is 0. The summed E-state index contributed by atoms with van der Waals surface area (Å²) >= 11 is 7.96. The number of rotatable bonds is 5. The van der Waals surface area contributed by atoms with Crippen LogP contribution in [0.25, 0.3) is 0 Å². The van der Waals surface area contributed by atoms with Crippen LogP contribution in [-0.2, 0) is 10.5 Å². The maximum Gasteiger partial charge on any atom is 0.183 e. The average molecular weight is 447 g/mol. The molecule has 0 bridgehead atoms. The Labute approximate surface area is 185 Å². The van der Waals surface area contributed by atoms with E-state index in [-0.39, 0.29) is 17.8 Å². The number of halogens is 2. The molecule has 2 aliphatic heterocycles. The highest BCUT2D eigenvalue weighted by molar-refractivity contribution is 8.13. The molecule has 4 rings (SSSR count). The van der Waals surface area contributed by atoms with E-state index >= 15 is 0 Å². The number of benzene rings is 1. The van der Waals surface area contributed by atoms with Crippen molar-refractivity contribution in [2.24, 2.45) is 15.9 Å². The van der Waals surface area contributed by atoms with Gasteiger partial charge < -0.3 is 4.74 Å². The molecule has 2 atom stereocenters. The summed E-state index contributed by atoms with van der Waals surface area (Å²) in [5, 5.41) is 1.12. The van der Waals surface area contributed by atoms with Crippen molar-refractivity contribution in [1.29, 1.82) is 0 Å². The Balaban J connectivity index is 1.59. The highest BCUT2D eigenvalue weighted by atomic mass is 35.5. The molecule has 8 heteroatoms. The van der Waals surface area contributed by atoms with Crippen LogP contribution in [0.15, 0.2) is 52.6 Å². The molecule has 0 amide bonds. The van der Waals surface area contributed by atoms with Gasteiger partial charge in [-0.1, -0.05) is 42.4 Å². The Morgan fingerprint density at radius 3 is 2.80 bits per heavy atom. The summed E-state index contributed by atoms with van der Waals surface area (Å²) in [5.74, 6) is 0.407. The molecule has 1 aromatic carbocycles. The van der Waals surface area contributed by atoms with Gasteiger partial charge in [-0.15, -0.1) is 0 Å². The Morgan fingerprint density at radius 1 is 1.23 bits per heavy atom. The number of thioether (sulfide) groups is 1. The second-order valence-corrected chi connectivity index (χ2v) is 8.76. The predicted octanol–water partition coefficient (Wildman–Crippen LogP) is 4.63. The number of aliphatic imine (C=N–C) groups is 2. The number of morpholine rings is 1. The number of ether oxygens (including phenoxy) is 1. The fourth-order valence-electron chi connectivity index (χ4n) is 3.61. The minimum atomic E-state index is -0.344. The topological polar surface area (TPSA) is 50.1 Å². The first-order chi connectivity index (χ1) is 14.6. The molecule has 30 heavy (non-hydrogen) atoms. The second kappa shape index (κ2) is 10.0. The number of amidine groups is 1. The summed E-state index contributed by atoms with van der Waals surface area (Å²) in [4.78, 5) is 16.5. The molecule has 2 aliphatic rings. The Morgan fingerprint density at radius 2 is 2.07 bits per heavy atom. The first-order valence-electron chi connectivity index (χ1n) is 10.0. The second-order valence-electron chi connectivity index (χ2n) is 7.41. The fourth-order valence-corrected chi connectivity index (χ4v) is 4.70. The van der Waals surface area contributed by atoms with Crippen LogP contribution in [-0.4, -0.2) is 53.6 Å². The number of hydrogen-bond acceptors (Lipinski definition) is 6. The van der Waals surface area contributed by atoms with E-state index < -0.39 is 0 Å². The van der Waals surface area contributed by atoms with E-state index in [1.165, 1.54) is 12.1 Å². The number of nitrogens with zero attached hydrogens (tertiary/aromatic N) is 4. The summed E-state index contributed by atoms with van der Waals surface area (Å²) in [6.07, 6.45) is 1.79.